The monoisotopic (exact) mass is 467 g/mol. The van der Waals surface area contributed by atoms with Gasteiger partial charge in [-0.25, -0.2) is 0 Å². The predicted octanol–water partition coefficient (Wildman–Crippen LogP) is 6.12. The molecule has 32 heavy (non-hydrogen) atoms. The van der Waals surface area contributed by atoms with Crippen LogP contribution in [0.1, 0.15) is 35.9 Å². The van der Waals surface area contributed by atoms with Crippen molar-refractivity contribution in [1.29, 1.82) is 0 Å². The Hall–Kier alpha value is -3.09. The van der Waals surface area contributed by atoms with Crippen LogP contribution < -0.4 is 9.64 Å². The van der Waals surface area contributed by atoms with Crippen LogP contribution in [0.15, 0.2) is 65.6 Å². The Kier molecular flexibility index (Phi) is 6.09. The van der Waals surface area contributed by atoms with Gasteiger partial charge in [-0.3, -0.25) is 14.5 Å². The van der Waals surface area contributed by atoms with E-state index < -0.39 is 17.7 Å². The van der Waals surface area contributed by atoms with Gasteiger partial charge < -0.3 is 9.84 Å². The summed E-state index contributed by atoms with van der Waals surface area (Å²) in [5.41, 5.74) is 1.71. The lowest BCUT2D eigenvalue weighted by molar-refractivity contribution is -0.132. The lowest BCUT2D eigenvalue weighted by atomic mass is 9.99. The van der Waals surface area contributed by atoms with Gasteiger partial charge in [0.15, 0.2) is 0 Å². The van der Waals surface area contributed by atoms with Gasteiger partial charge in [0.1, 0.15) is 17.6 Å². The molecule has 1 aliphatic rings. The standard InChI is InChI=1S/C25H22ClNO4S/c1-14(2)31-17-11-9-16(10-12-17)23(28)21-22(20-8-5-13-32-20)27(25(30)24(21)29)19-7-4-6-18(26)15(19)3/h4-14,22,28H,1-3H3/b23-21-. The fraction of sp³-hybridized carbons (Fsp3) is 0.200. The molecule has 1 aromatic heterocycles. The summed E-state index contributed by atoms with van der Waals surface area (Å²) in [5.74, 6) is -1.00. The Labute approximate surface area is 195 Å². The van der Waals surface area contributed by atoms with Crippen LogP contribution in [0.5, 0.6) is 5.75 Å². The topological polar surface area (TPSA) is 66.8 Å². The largest absolute Gasteiger partial charge is 0.507 e. The first-order valence-corrected chi connectivity index (χ1v) is 11.4. The van der Waals surface area contributed by atoms with Crippen molar-refractivity contribution in [2.24, 2.45) is 0 Å². The molecule has 1 amide bonds. The summed E-state index contributed by atoms with van der Waals surface area (Å²) in [6, 6.07) is 15.0. The van der Waals surface area contributed by atoms with E-state index in [0.29, 0.717) is 27.6 Å². The number of carbonyl (C=O) groups is 2. The fourth-order valence-electron chi connectivity index (χ4n) is 3.77. The minimum absolute atomic E-state index is 0.0135. The smallest absolute Gasteiger partial charge is 0.300 e. The second kappa shape index (κ2) is 8.81. The highest BCUT2D eigenvalue weighted by Gasteiger charge is 2.47. The van der Waals surface area contributed by atoms with Gasteiger partial charge in [-0.15, -0.1) is 11.3 Å². The Balaban J connectivity index is 1.86. The van der Waals surface area contributed by atoms with Crippen LogP contribution >= 0.6 is 22.9 Å². The van der Waals surface area contributed by atoms with E-state index in [2.05, 4.69) is 0 Å². The van der Waals surface area contributed by atoms with Crippen molar-refractivity contribution in [2.75, 3.05) is 4.90 Å². The molecule has 3 aromatic rings. The number of thiophene rings is 1. The molecule has 0 saturated carbocycles. The van der Waals surface area contributed by atoms with Gasteiger partial charge >= 0.3 is 0 Å². The van der Waals surface area contributed by atoms with Gasteiger partial charge in [0.05, 0.1) is 11.7 Å². The van der Waals surface area contributed by atoms with Crippen LogP contribution in [0.25, 0.3) is 5.76 Å². The van der Waals surface area contributed by atoms with Gasteiger partial charge in [0.2, 0.25) is 0 Å². The summed E-state index contributed by atoms with van der Waals surface area (Å²) >= 11 is 7.71. The van der Waals surface area contributed by atoms with Gasteiger partial charge in [-0.1, -0.05) is 23.7 Å². The fourth-order valence-corrected chi connectivity index (χ4v) is 4.77. The summed E-state index contributed by atoms with van der Waals surface area (Å²) in [6.07, 6.45) is 0.0135. The van der Waals surface area contributed by atoms with Crippen LogP contribution in [-0.4, -0.2) is 22.9 Å². The maximum atomic E-state index is 13.2. The molecular formula is C25H22ClNO4S. The maximum absolute atomic E-state index is 13.2. The molecule has 1 N–H and O–H groups in total. The van der Waals surface area contributed by atoms with Crippen molar-refractivity contribution in [2.45, 2.75) is 32.9 Å². The Morgan fingerprint density at radius 3 is 2.44 bits per heavy atom. The molecule has 0 bridgehead atoms. The second-order valence-corrected chi connectivity index (χ2v) is 9.15. The molecule has 1 fully saturated rings. The molecule has 5 nitrogen and oxygen atoms in total. The van der Waals surface area contributed by atoms with Crippen LogP contribution in [-0.2, 0) is 9.59 Å². The van der Waals surface area contributed by atoms with E-state index in [-0.39, 0.29) is 17.4 Å². The molecule has 1 unspecified atom stereocenters. The Morgan fingerprint density at radius 1 is 1.09 bits per heavy atom. The highest BCUT2D eigenvalue weighted by atomic mass is 35.5. The van der Waals surface area contributed by atoms with Crippen molar-refractivity contribution in [3.05, 3.63) is 86.6 Å². The van der Waals surface area contributed by atoms with Crippen molar-refractivity contribution in [3.8, 4) is 5.75 Å². The third-order valence-corrected chi connectivity index (χ3v) is 6.59. The van der Waals surface area contributed by atoms with E-state index in [0.717, 1.165) is 4.88 Å². The first kappa shape index (κ1) is 22.1. The van der Waals surface area contributed by atoms with Crippen molar-refractivity contribution >= 4 is 46.1 Å². The molecule has 0 radical (unpaired) electrons. The number of amides is 1. The number of benzene rings is 2. The van der Waals surface area contributed by atoms with E-state index >= 15 is 0 Å². The molecule has 1 aliphatic heterocycles. The first-order valence-electron chi connectivity index (χ1n) is 10.2. The number of nitrogens with zero attached hydrogens (tertiary/aromatic N) is 1. The molecule has 164 valence electrons. The number of hydrogen-bond donors (Lipinski definition) is 1. The van der Waals surface area contributed by atoms with Gasteiger partial charge in [-0.2, -0.15) is 0 Å². The van der Waals surface area contributed by atoms with Crippen LogP contribution in [0.3, 0.4) is 0 Å². The van der Waals surface area contributed by atoms with Crippen LogP contribution in [0.2, 0.25) is 5.02 Å². The van der Waals surface area contributed by atoms with E-state index in [1.54, 1.807) is 49.4 Å². The molecular weight excluding hydrogens is 446 g/mol. The summed E-state index contributed by atoms with van der Waals surface area (Å²) in [5, 5.41) is 13.5. The van der Waals surface area contributed by atoms with E-state index in [9.17, 15) is 14.7 Å². The third kappa shape index (κ3) is 3.92. The van der Waals surface area contributed by atoms with Crippen molar-refractivity contribution < 1.29 is 19.4 Å². The number of carbonyl (C=O) groups excluding carboxylic acids is 2. The zero-order valence-electron chi connectivity index (χ0n) is 17.8. The normalized spacial score (nSPS) is 17.9. The molecule has 2 heterocycles. The molecule has 0 aliphatic carbocycles. The number of aliphatic hydroxyl groups is 1. The van der Waals surface area contributed by atoms with Crippen LogP contribution in [0, 0.1) is 6.92 Å². The van der Waals surface area contributed by atoms with E-state index in [4.69, 9.17) is 16.3 Å². The molecule has 4 rings (SSSR count). The lowest BCUT2D eigenvalue weighted by Crippen LogP contribution is -2.29. The van der Waals surface area contributed by atoms with E-state index in [1.807, 2.05) is 31.4 Å². The molecule has 0 spiro atoms. The zero-order chi connectivity index (χ0) is 23.0. The summed E-state index contributed by atoms with van der Waals surface area (Å²) < 4.78 is 5.65. The molecule has 1 saturated heterocycles. The summed E-state index contributed by atoms with van der Waals surface area (Å²) in [4.78, 5) is 28.5. The quantitative estimate of drug-likeness (QED) is 0.278. The number of anilines is 1. The lowest BCUT2D eigenvalue weighted by Gasteiger charge is -2.26. The van der Waals surface area contributed by atoms with Crippen molar-refractivity contribution in [1.82, 2.24) is 0 Å². The molecule has 7 heteroatoms. The van der Waals surface area contributed by atoms with Gasteiger partial charge in [0.25, 0.3) is 11.7 Å². The highest BCUT2D eigenvalue weighted by Crippen LogP contribution is 2.45. The Morgan fingerprint density at radius 2 is 1.81 bits per heavy atom. The Bertz CT molecular complexity index is 1200. The minimum atomic E-state index is -0.751. The number of aliphatic hydroxyl groups excluding tert-OH is 1. The molecule has 2 aromatic carbocycles. The SMILES string of the molecule is Cc1c(Cl)cccc1N1C(=O)C(=O)/C(=C(\O)c2ccc(OC(C)C)cc2)C1c1cccs1. The number of Topliss-reactive ketones (excluding diaryl/α,β-unsaturated/α-hetero) is 1. The number of rotatable bonds is 5. The van der Waals surface area contributed by atoms with Gasteiger partial charge in [-0.05, 0) is 74.2 Å². The number of ketones is 1. The van der Waals surface area contributed by atoms with Crippen LogP contribution in [0.4, 0.5) is 5.69 Å². The van der Waals surface area contributed by atoms with Gasteiger partial charge in [0, 0.05) is 21.2 Å². The van der Waals surface area contributed by atoms with Crippen molar-refractivity contribution in [3.63, 3.8) is 0 Å². The maximum Gasteiger partial charge on any atom is 0.300 e. The summed E-state index contributed by atoms with van der Waals surface area (Å²) in [6.45, 7) is 5.65. The zero-order valence-corrected chi connectivity index (χ0v) is 19.4. The number of ether oxygens (including phenoxy) is 1. The average molecular weight is 468 g/mol. The highest BCUT2D eigenvalue weighted by molar-refractivity contribution is 7.10. The first-order chi connectivity index (χ1) is 15.3. The predicted molar refractivity (Wildman–Crippen MR) is 127 cm³/mol. The third-order valence-electron chi connectivity index (χ3n) is 5.26. The molecule has 1 atom stereocenters. The second-order valence-electron chi connectivity index (χ2n) is 7.76. The average Bonchev–Trinajstić information content (AvgIpc) is 3.37. The number of halogens is 1. The summed E-state index contributed by atoms with van der Waals surface area (Å²) in [7, 11) is 0. The van der Waals surface area contributed by atoms with E-state index in [1.165, 1.54) is 16.2 Å². The minimum Gasteiger partial charge on any atom is -0.507 e. The number of hydrogen-bond acceptors (Lipinski definition) is 5.